The molecule has 3 N–H and O–H groups in total. The highest BCUT2D eigenvalue weighted by Crippen LogP contribution is 2.36. The van der Waals surface area contributed by atoms with E-state index >= 15 is 0 Å². The summed E-state index contributed by atoms with van der Waals surface area (Å²) in [6, 6.07) is 4.67. The highest BCUT2D eigenvalue weighted by molar-refractivity contribution is 5.50. The number of phenolic OH excluding ortho intramolecular Hbond substituents is 1. The summed E-state index contributed by atoms with van der Waals surface area (Å²) in [6.07, 6.45) is 8.82. The number of aromatic hydroxyl groups is 1. The van der Waals surface area contributed by atoms with Gasteiger partial charge in [-0.1, -0.05) is 25.3 Å². The van der Waals surface area contributed by atoms with Crippen LogP contribution in [0.25, 0.3) is 0 Å². The second-order valence-electron chi connectivity index (χ2n) is 6.43. The van der Waals surface area contributed by atoms with E-state index in [1.165, 1.54) is 32.1 Å². The zero-order valence-electron chi connectivity index (χ0n) is 14.4. The molecule has 128 valence electrons. The van der Waals surface area contributed by atoms with Gasteiger partial charge in [-0.05, 0) is 44.0 Å². The monoisotopic (exact) mass is 318 g/mol. The number of benzene rings is 1. The van der Waals surface area contributed by atoms with Gasteiger partial charge >= 0.3 is 0 Å². The maximum atomic E-state index is 10.3. The summed E-state index contributed by atoms with van der Waals surface area (Å²) >= 11 is 0. The van der Waals surface area contributed by atoms with E-state index in [4.69, 9.17) is 10.5 Å². The van der Waals surface area contributed by atoms with E-state index in [0.29, 0.717) is 24.8 Å². The summed E-state index contributed by atoms with van der Waals surface area (Å²) in [5.74, 6) is 0.710. The lowest BCUT2D eigenvalue weighted by molar-refractivity contribution is 0.140. The Morgan fingerprint density at radius 1 is 1.39 bits per heavy atom. The fourth-order valence-electron chi connectivity index (χ4n) is 3.63. The lowest BCUT2D eigenvalue weighted by atomic mass is 9.91. The lowest BCUT2D eigenvalue weighted by Crippen LogP contribution is -2.39. The van der Waals surface area contributed by atoms with Gasteiger partial charge < -0.3 is 15.6 Å². The third-order valence-electron chi connectivity index (χ3n) is 5.01. The molecule has 1 aliphatic carbocycles. The van der Waals surface area contributed by atoms with Crippen LogP contribution in [0.5, 0.6) is 11.5 Å². The predicted octanol–water partition coefficient (Wildman–Crippen LogP) is 3.39. The number of methoxy groups -OCH3 is 1. The van der Waals surface area contributed by atoms with E-state index in [-0.39, 0.29) is 11.8 Å². The van der Waals surface area contributed by atoms with Crippen molar-refractivity contribution in [1.29, 1.82) is 0 Å². The van der Waals surface area contributed by atoms with Gasteiger partial charge in [-0.15, -0.1) is 6.58 Å². The standard InChI is InChI=1S/C19H30N2O2/c1-4-8-14-11-15(12-18(23-3)19(14)22)17(13-20)21(2)16-9-6-5-7-10-16/h4,11-12,16-17,22H,1,5-10,13,20H2,2-3H3. The van der Waals surface area contributed by atoms with Gasteiger partial charge in [0.2, 0.25) is 0 Å². The van der Waals surface area contributed by atoms with Crippen molar-refractivity contribution in [2.75, 3.05) is 20.7 Å². The number of nitrogens with zero attached hydrogens (tertiary/aromatic N) is 1. The first-order chi connectivity index (χ1) is 11.1. The molecule has 1 aliphatic rings. The molecule has 1 aromatic carbocycles. The fourth-order valence-corrected chi connectivity index (χ4v) is 3.63. The Labute approximate surface area is 139 Å². The number of allylic oxidation sites excluding steroid dienone is 1. The Bertz CT molecular complexity index is 524. The van der Waals surface area contributed by atoms with Crippen molar-refractivity contribution in [3.8, 4) is 11.5 Å². The van der Waals surface area contributed by atoms with Crippen LogP contribution in [0.3, 0.4) is 0 Å². The van der Waals surface area contributed by atoms with Gasteiger partial charge in [0.05, 0.1) is 7.11 Å². The quantitative estimate of drug-likeness (QED) is 0.757. The van der Waals surface area contributed by atoms with E-state index in [9.17, 15) is 5.11 Å². The molecule has 1 fully saturated rings. The molecule has 23 heavy (non-hydrogen) atoms. The highest BCUT2D eigenvalue weighted by Gasteiger charge is 2.26. The zero-order chi connectivity index (χ0) is 16.8. The van der Waals surface area contributed by atoms with Gasteiger partial charge in [-0.25, -0.2) is 0 Å². The van der Waals surface area contributed by atoms with Crippen LogP contribution in [-0.4, -0.2) is 36.8 Å². The van der Waals surface area contributed by atoms with Crippen LogP contribution in [-0.2, 0) is 6.42 Å². The summed E-state index contributed by atoms with van der Waals surface area (Å²) in [6.45, 7) is 4.32. The molecule has 1 aromatic rings. The molecular weight excluding hydrogens is 288 g/mol. The van der Waals surface area contributed by atoms with Gasteiger partial charge in [-0.2, -0.15) is 0 Å². The Hall–Kier alpha value is -1.52. The van der Waals surface area contributed by atoms with Crippen LogP contribution in [0.15, 0.2) is 24.8 Å². The Morgan fingerprint density at radius 3 is 2.65 bits per heavy atom. The van der Waals surface area contributed by atoms with Gasteiger partial charge in [0, 0.05) is 24.2 Å². The second kappa shape index (κ2) is 8.37. The largest absolute Gasteiger partial charge is 0.504 e. The topological polar surface area (TPSA) is 58.7 Å². The molecule has 0 aromatic heterocycles. The van der Waals surface area contributed by atoms with Gasteiger partial charge in [0.1, 0.15) is 0 Å². The minimum absolute atomic E-state index is 0.135. The van der Waals surface area contributed by atoms with E-state index < -0.39 is 0 Å². The molecule has 0 amide bonds. The first-order valence-electron chi connectivity index (χ1n) is 8.55. The van der Waals surface area contributed by atoms with Crippen LogP contribution in [0, 0.1) is 0 Å². The number of likely N-dealkylation sites (N-methyl/N-ethyl adjacent to an activating group) is 1. The molecule has 0 bridgehead atoms. The van der Waals surface area contributed by atoms with Crippen molar-refractivity contribution in [1.82, 2.24) is 4.90 Å². The first kappa shape index (κ1) is 17.8. The molecule has 0 heterocycles. The van der Waals surface area contributed by atoms with Crippen LogP contribution < -0.4 is 10.5 Å². The average molecular weight is 318 g/mol. The summed E-state index contributed by atoms with van der Waals surface area (Å²) in [5.41, 5.74) is 8.04. The maximum Gasteiger partial charge on any atom is 0.161 e. The van der Waals surface area contributed by atoms with Crippen molar-refractivity contribution in [2.45, 2.75) is 50.6 Å². The zero-order valence-corrected chi connectivity index (χ0v) is 14.4. The molecule has 4 heteroatoms. The Balaban J connectivity index is 2.32. The molecule has 1 saturated carbocycles. The van der Waals surface area contributed by atoms with E-state index in [2.05, 4.69) is 18.5 Å². The van der Waals surface area contributed by atoms with Crippen molar-refractivity contribution >= 4 is 0 Å². The Morgan fingerprint density at radius 2 is 2.09 bits per heavy atom. The molecule has 1 atom stereocenters. The minimum Gasteiger partial charge on any atom is -0.504 e. The van der Waals surface area contributed by atoms with Crippen LogP contribution in [0.4, 0.5) is 0 Å². The number of hydrogen-bond acceptors (Lipinski definition) is 4. The van der Waals surface area contributed by atoms with Crippen molar-refractivity contribution in [2.24, 2.45) is 5.73 Å². The highest BCUT2D eigenvalue weighted by atomic mass is 16.5. The molecule has 2 rings (SSSR count). The van der Waals surface area contributed by atoms with E-state index in [1.807, 2.05) is 12.1 Å². The fraction of sp³-hybridized carbons (Fsp3) is 0.579. The Kier molecular flexibility index (Phi) is 6.48. The molecule has 0 saturated heterocycles. The van der Waals surface area contributed by atoms with Gasteiger partial charge in [0.25, 0.3) is 0 Å². The summed E-state index contributed by atoms with van der Waals surface area (Å²) < 4.78 is 5.35. The minimum atomic E-state index is 0.135. The van der Waals surface area contributed by atoms with E-state index in [1.54, 1.807) is 13.2 Å². The van der Waals surface area contributed by atoms with Crippen molar-refractivity contribution in [3.05, 3.63) is 35.9 Å². The SMILES string of the molecule is C=CCc1cc(C(CN)N(C)C2CCCCC2)cc(OC)c1O. The molecule has 0 radical (unpaired) electrons. The second-order valence-corrected chi connectivity index (χ2v) is 6.43. The first-order valence-corrected chi connectivity index (χ1v) is 8.55. The molecule has 0 spiro atoms. The smallest absolute Gasteiger partial charge is 0.161 e. The number of nitrogens with two attached hydrogens (primary N) is 1. The summed E-state index contributed by atoms with van der Waals surface area (Å²) in [5, 5.41) is 10.3. The number of phenols is 1. The van der Waals surface area contributed by atoms with Crippen LogP contribution in [0.2, 0.25) is 0 Å². The molecule has 0 aliphatic heterocycles. The normalized spacial score (nSPS) is 17.2. The van der Waals surface area contributed by atoms with Crippen molar-refractivity contribution in [3.63, 3.8) is 0 Å². The average Bonchev–Trinajstić information content (AvgIpc) is 2.59. The number of rotatable bonds is 7. The third-order valence-corrected chi connectivity index (χ3v) is 5.01. The maximum absolute atomic E-state index is 10.3. The van der Waals surface area contributed by atoms with Gasteiger partial charge in [0.15, 0.2) is 11.5 Å². The molecular formula is C19H30N2O2. The van der Waals surface area contributed by atoms with Gasteiger partial charge in [-0.3, -0.25) is 4.90 Å². The molecule has 4 nitrogen and oxygen atoms in total. The third kappa shape index (κ3) is 4.06. The van der Waals surface area contributed by atoms with Crippen LogP contribution in [0.1, 0.15) is 49.3 Å². The number of ether oxygens (including phenoxy) is 1. The number of hydrogen-bond donors (Lipinski definition) is 2. The summed E-state index contributed by atoms with van der Waals surface area (Å²) in [7, 11) is 3.75. The van der Waals surface area contributed by atoms with Crippen molar-refractivity contribution < 1.29 is 9.84 Å². The van der Waals surface area contributed by atoms with Crippen LogP contribution >= 0.6 is 0 Å². The lowest BCUT2D eigenvalue weighted by Gasteiger charge is -2.37. The predicted molar refractivity (Wildman–Crippen MR) is 95.0 cm³/mol. The molecule has 1 unspecified atom stereocenters. The summed E-state index contributed by atoms with van der Waals surface area (Å²) in [4.78, 5) is 2.41. The van der Waals surface area contributed by atoms with E-state index in [0.717, 1.165) is 11.1 Å².